The van der Waals surface area contributed by atoms with Crippen LogP contribution in [0.4, 0.5) is 0 Å². The van der Waals surface area contributed by atoms with Crippen LogP contribution in [0.3, 0.4) is 0 Å². The molecule has 0 spiro atoms. The lowest BCUT2D eigenvalue weighted by atomic mass is 9.99. The molecule has 0 aliphatic carbocycles. The predicted octanol–water partition coefficient (Wildman–Crippen LogP) is 2.66. The Labute approximate surface area is 117 Å². The van der Waals surface area contributed by atoms with E-state index in [1.165, 1.54) is 0 Å². The van der Waals surface area contributed by atoms with Crippen molar-refractivity contribution < 1.29 is 14.6 Å². The average Bonchev–Trinajstić information content (AvgIpc) is 2.53. The fourth-order valence-electron chi connectivity index (χ4n) is 1.96. The van der Waals surface area contributed by atoms with Crippen LogP contribution in [0.2, 0.25) is 0 Å². The Bertz CT molecular complexity index is 629. The van der Waals surface area contributed by atoms with E-state index < -0.39 is 6.10 Å². The number of nitriles is 1. The lowest BCUT2D eigenvalue weighted by Gasteiger charge is -2.16. The number of hydrogen-bond acceptors (Lipinski definition) is 4. The third kappa shape index (κ3) is 2.73. The largest absolute Gasteiger partial charge is 0.497 e. The summed E-state index contributed by atoms with van der Waals surface area (Å²) in [6.45, 7) is 0. The average molecular weight is 269 g/mol. The van der Waals surface area contributed by atoms with Crippen molar-refractivity contribution in [2.24, 2.45) is 0 Å². The van der Waals surface area contributed by atoms with E-state index in [1.54, 1.807) is 56.7 Å². The molecule has 0 radical (unpaired) electrons. The van der Waals surface area contributed by atoms with Crippen molar-refractivity contribution in [2.75, 3.05) is 14.2 Å². The van der Waals surface area contributed by atoms with Crippen LogP contribution in [0.1, 0.15) is 22.8 Å². The highest BCUT2D eigenvalue weighted by Crippen LogP contribution is 2.32. The maximum Gasteiger partial charge on any atom is 0.128 e. The summed E-state index contributed by atoms with van der Waals surface area (Å²) >= 11 is 0. The summed E-state index contributed by atoms with van der Waals surface area (Å²) in [6.07, 6.45) is -0.816. The number of nitrogens with zero attached hydrogens (tertiary/aromatic N) is 1. The molecule has 2 rings (SSSR count). The van der Waals surface area contributed by atoms with Crippen LogP contribution in [-0.4, -0.2) is 19.3 Å². The Morgan fingerprint density at radius 3 is 2.30 bits per heavy atom. The van der Waals surface area contributed by atoms with Crippen molar-refractivity contribution in [1.82, 2.24) is 0 Å². The van der Waals surface area contributed by atoms with Crippen molar-refractivity contribution in [3.63, 3.8) is 0 Å². The highest BCUT2D eigenvalue weighted by molar-refractivity contribution is 5.45. The standard InChI is InChI=1S/C16H15NO3/c1-19-13-7-8-14(15(9-13)20-2)16(18)12-5-3-11(10-17)4-6-12/h3-9,16,18H,1-2H3/t16-/m1/s1. The van der Waals surface area contributed by atoms with Crippen LogP contribution in [0.5, 0.6) is 11.5 Å². The Kier molecular flexibility index (Phi) is 4.24. The van der Waals surface area contributed by atoms with Gasteiger partial charge < -0.3 is 14.6 Å². The first-order valence-electron chi connectivity index (χ1n) is 6.09. The number of rotatable bonds is 4. The minimum absolute atomic E-state index is 0.557. The molecule has 0 amide bonds. The summed E-state index contributed by atoms with van der Waals surface area (Å²) in [6, 6.07) is 14.1. The minimum Gasteiger partial charge on any atom is -0.497 e. The molecule has 0 aliphatic heterocycles. The number of methoxy groups -OCH3 is 2. The number of ether oxygens (including phenoxy) is 2. The highest BCUT2D eigenvalue weighted by Gasteiger charge is 2.16. The Balaban J connectivity index is 2.36. The summed E-state index contributed by atoms with van der Waals surface area (Å²) < 4.78 is 10.4. The molecule has 0 unspecified atom stereocenters. The molecule has 0 heterocycles. The van der Waals surface area contributed by atoms with Gasteiger partial charge in [-0.3, -0.25) is 0 Å². The Morgan fingerprint density at radius 2 is 1.75 bits per heavy atom. The lowest BCUT2D eigenvalue weighted by Crippen LogP contribution is -2.02. The van der Waals surface area contributed by atoms with Gasteiger partial charge >= 0.3 is 0 Å². The van der Waals surface area contributed by atoms with E-state index in [9.17, 15) is 5.11 Å². The quantitative estimate of drug-likeness (QED) is 0.926. The summed E-state index contributed by atoms with van der Waals surface area (Å²) in [7, 11) is 3.12. The predicted molar refractivity (Wildman–Crippen MR) is 74.8 cm³/mol. The molecule has 0 aliphatic rings. The number of aliphatic hydroxyl groups is 1. The summed E-state index contributed by atoms with van der Waals surface area (Å²) in [5.74, 6) is 1.22. The first-order valence-corrected chi connectivity index (χ1v) is 6.09. The van der Waals surface area contributed by atoms with E-state index >= 15 is 0 Å². The molecule has 4 nitrogen and oxygen atoms in total. The third-order valence-electron chi connectivity index (χ3n) is 3.09. The van der Waals surface area contributed by atoms with Crippen LogP contribution < -0.4 is 9.47 Å². The molecule has 2 aromatic carbocycles. The summed E-state index contributed by atoms with van der Waals surface area (Å²) in [4.78, 5) is 0. The lowest BCUT2D eigenvalue weighted by molar-refractivity contribution is 0.214. The smallest absolute Gasteiger partial charge is 0.128 e. The van der Waals surface area contributed by atoms with E-state index in [0.29, 0.717) is 28.2 Å². The fraction of sp³-hybridized carbons (Fsp3) is 0.188. The summed E-state index contributed by atoms with van der Waals surface area (Å²) in [5.41, 5.74) is 1.91. The van der Waals surface area contributed by atoms with Gasteiger partial charge in [-0.2, -0.15) is 5.26 Å². The zero-order chi connectivity index (χ0) is 14.5. The van der Waals surface area contributed by atoms with Gasteiger partial charge in [-0.15, -0.1) is 0 Å². The summed E-state index contributed by atoms with van der Waals surface area (Å²) in [5, 5.41) is 19.2. The van der Waals surface area contributed by atoms with Gasteiger partial charge in [0.25, 0.3) is 0 Å². The zero-order valence-electron chi connectivity index (χ0n) is 11.3. The van der Waals surface area contributed by atoms with Crippen LogP contribution in [0.25, 0.3) is 0 Å². The molecule has 0 aromatic heterocycles. The monoisotopic (exact) mass is 269 g/mol. The van der Waals surface area contributed by atoms with Gasteiger partial charge in [0, 0.05) is 11.6 Å². The van der Waals surface area contributed by atoms with Crippen molar-refractivity contribution in [2.45, 2.75) is 6.10 Å². The van der Waals surface area contributed by atoms with Crippen LogP contribution >= 0.6 is 0 Å². The van der Waals surface area contributed by atoms with Gasteiger partial charge in [0.05, 0.1) is 25.9 Å². The molecule has 4 heteroatoms. The first kappa shape index (κ1) is 13.9. The first-order chi connectivity index (χ1) is 9.69. The molecule has 0 saturated heterocycles. The molecular weight excluding hydrogens is 254 g/mol. The molecule has 0 fully saturated rings. The third-order valence-corrected chi connectivity index (χ3v) is 3.09. The minimum atomic E-state index is -0.816. The topological polar surface area (TPSA) is 62.5 Å². The second kappa shape index (κ2) is 6.09. The maximum absolute atomic E-state index is 10.4. The van der Waals surface area contributed by atoms with E-state index in [2.05, 4.69) is 0 Å². The fourth-order valence-corrected chi connectivity index (χ4v) is 1.96. The Morgan fingerprint density at radius 1 is 1.05 bits per heavy atom. The maximum atomic E-state index is 10.4. The number of hydrogen-bond donors (Lipinski definition) is 1. The van der Waals surface area contributed by atoms with E-state index in [4.69, 9.17) is 14.7 Å². The van der Waals surface area contributed by atoms with Crippen molar-refractivity contribution in [1.29, 1.82) is 5.26 Å². The zero-order valence-corrected chi connectivity index (χ0v) is 11.3. The van der Waals surface area contributed by atoms with E-state index in [1.807, 2.05) is 6.07 Å². The van der Waals surface area contributed by atoms with Crippen LogP contribution in [-0.2, 0) is 0 Å². The van der Waals surface area contributed by atoms with Gasteiger partial charge in [-0.1, -0.05) is 12.1 Å². The molecule has 1 atom stereocenters. The van der Waals surface area contributed by atoms with Crippen LogP contribution in [0, 0.1) is 11.3 Å². The molecule has 1 N–H and O–H groups in total. The molecule has 2 aromatic rings. The van der Waals surface area contributed by atoms with Crippen molar-refractivity contribution in [3.8, 4) is 17.6 Å². The van der Waals surface area contributed by atoms with Crippen molar-refractivity contribution >= 4 is 0 Å². The molecular formula is C16H15NO3. The normalized spacial score (nSPS) is 11.5. The van der Waals surface area contributed by atoms with Gasteiger partial charge in [0.2, 0.25) is 0 Å². The van der Waals surface area contributed by atoms with Gasteiger partial charge in [0.15, 0.2) is 0 Å². The number of aliphatic hydroxyl groups excluding tert-OH is 1. The highest BCUT2D eigenvalue weighted by atomic mass is 16.5. The Hall–Kier alpha value is -2.51. The van der Waals surface area contributed by atoms with Gasteiger partial charge in [0.1, 0.15) is 17.6 Å². The van der Waals surface area contributed by atoms with Gasteiger partial charge in [-0.25, -0.2) is 0 Å². The second-order valence-electron chi connectivity index (χ2n) is 4.24. The molecule has 0 bridgehead atoms. The van der Waals surface area contributed by atoms with E-state index in [0.717, 1.165) is 0 Å². The molecule has 0 saturated carbocycles. The molecule has 102 valence electrons. The molecule has 20 heavy (non-hydrogen) atoms. The van der Waals surface area contributed by atoms with Crippen LogP contribution in [0.15, 0.2) is 42.5 Å². The number of benzene rings is 2. The van der Waals surface area contributed by atoms with Gasteiger partial charge in [-0.05, 0) is 29.8 Å². The van der Waals surface area contributed by atoms with Crippen molar-refractivity contribution in [3.05, 3.63) is 59.2 Å². The van der Waals surface area contributed by atoms with E-state index in [-0.39, 0.29) is 0 Å². The SMILES string of the molecule is COc1ccc([C@H](O)c2ccc(C#N)cc2)c(OC)c1. The second-order valence-corrected chi connectivity index (χ2v) is 4.24.